The maximum Gasteiger partial charge on any atom is 0.126 e. The molecular weight excluding hydrogens is 436 g/mol. The van der Waals surface area contributed by atoms with Crippen LogP contribution < -0.4 is 0 Å². The summed E-state index contributed by atoms with van der Waals surface area (Å²) in [7, 11) is 0. The van der Waals surface area contributed by atoms with Gasteiger partial charge >= 0.3 is 0 Å². The van der Waals surface area contributed by atoms with Crippen LogP contribution in [0.5, 0.6) is 0 Å². The van der Waals surface area contributed by atoms with Gasteiger partial charge in [-0.2, -0.15) is 0 Å². The summed E-state index contributed by atoms with van der Waals surface area (Å²) in [5.41, 5.74) is 1.17. The zero-order chi connectivity index (χ0) is 25.6. The van der Waals surface area contributed by atoms with Crippen molar-refractivity contribution in [2.45, 2.75) is 117 Å². The quantitative estimate of drug-likeness (QED) is 0.410. The highest BCUT2D eigenvalue weighted by Crippen LogP contribution is 2.68. The van der Waals surface area contributed by atoms with Gasteiger partial charge in [-0.25, -0.2) is 0 Å². The first kappa shape index (κ1) is 26.4. The monoisotopic (exact) mass is 488 g/mol. The Hall–Kier alpha value is -1.26. The molecule has 36 heavy (non-hydrogen) atoms. The second-order valence-corrected chi connectivity index (χ2v) is 14.5. The van der Waals surface area contributed by atoms with Crippen molar-refractivity contribution in [3.8, 4) is 11.8 Å². The number of fused-ring (bicyclic) bond motifs is 5. The van der Waals surface area contributed by atoms with Crippen molar-refractivity contribution in [2.24, 2.45) is 52.3 Å². The third-order valence-corrected chi connectivity index (χ3v) is 12.1. The maximum atomic E-state index is 11.5. The van der Waals surface area contributed by atoms with Crippen LogP contribution in [0.4, 0.5) is 0 Å². The van der Waals surface area contributed by atoms with Crippen LogP contribution in [0.2, 0.25) is 0 Å². The molecule has 198 valence electrons. The SMILES string of the molecule is CC(C)CCC[C@@H](C)[C@H]1CC[C@H]2[C@@H]3CC[C@H]4C[C@@](O)(C#Cc5ccccc5)CC[C@]4(C)[C@H]3CC[C@]12C. The van der Waals surface area contributed by atoms with Crippen molar-refractivity contribution in [2.75, 3.05) is 0 Å². The summed E-state index contributed by atoms with van der Waals surface area (Å²) in [6.07, 6.45) is 15.6. The highest BCUT2D eigenvalue weighted by molar-refractivity contribution is 5.36. The van der Waals surface area contributed by atoms with Crippen LogP contribution in [0.1, 0.15) is 117 Å². The van der Waals surface area contributed by atoms with Crippen LogP contribution in [0.3, 0.4) is 0 Å². The van der Waals surface area contributed by atoms with E-state index in [1.807, 2.05) is 30.3 Å². The van der Waals surface area contributed by atoms with Gasteiger partial charge in [0.2, 0.25) is 0 Å². The molecule has 0 heterocycles. The van der Waals surface area contributed by atoms with E-state index in [1.54, 1.807) is 0 Å². The normalized spacial score (nSPS) is 42.6. The van der Waals surface area contributed by atoms with Gasteiger partial charge in [-0.3, -0.25) is 0 Å². The molecule has 1 heteroatoms. The Bertz CT molecular complexity index is 954. The molecule has 0 spiro atoms. The molecule has 9 atom stereocenters. The van der Waals surface area contributed by atoms with Crippen molar-refractivity contribution in [1.82, 2.24) is 0 Å². The van der Waals surface area contributed by atoms with E-state index in [1.165, 1.54) is 57.8 Å². The van der Waals surface area contributed by atoms with Crippen molar-refractivity contribution in [3.05, 3.63) is 35.9 Å². The van der Waals surface area contributed by atoms with Gasteiger partial charge in [-0.1, -0.05) is 83.9 Å². The average Bonchev–Trinajstić information content (AvgIpc) is 3.21. The molecule has 0 radical (unpaired) electrons. The zero-order valence-electron chi connectivity index (χ0n) is 23.9. The lowest BCUT2D eigenvalue weighted by atomic mass is 9.43. The van der Waals surface area contributed by atoms with Gasteiger partial charge in [0.05, 0.1) is 0 Å². The molecule has 4 aliphatic rings. The minimum absolute atomic E-state index is 0.395. The molecule has 1 aromatic carbocycles. The van der Waals surface area contributed by atoms with Crippen LogP contribution in [0.25, 0.3) is 0 Å². The molecule has 5 rings (SSSR count). The predicted molar refractivity (Wildman–Crippen MR) is 151 cm³/mol. The van der Waals surface area contributed by atoms with Crippen molar-refractivity contribution < 1.29 is 5.11 Å². The standard InChI is InChI=1S/C35H52O/c1-25(2)10-9-11-26(3)30-16-17-31-29-15-14-28-24-35(36,21-18-27-12-7-6-8-13-27)23-22-33(28,4)32(29)19-20-34(30,31)5/h6-8,12-13,25-26,28-32,36H,9-11,14-17,19-20,22-24H2,1-5H3/t26-,28+,29+,30-,31+,32+,33+,34-,35-/m1/s1. The Balaban J connectivity index is 1.27. The average molecular weight is 489 g/mol. The summed E-state index contributed by atoms with van der Waals surface area (Å²) >= 11 is 0. The first-order chi connectivity index (χ1) is 17.1. The van der Waals surface area contributed by atoms with Crippen molar-refractivity contribution in [1.29, 1.82) is 0 Å². The lowest BCUT2D eigenvalue weighted by molar-refractivity contribution is -0.140. The Morgan fingerprint density at radius 1 is 0.861 bits per heavy atom. The first-order valence-corrected chi connectivity index (χ1v) is 15.5. The fraction of sp³-hybridized carbons (Fsp3) is 0.771. The lowest BCUT2D eigenvalue weighted by Gasteiger charge is -2.62. The van der Waals surface area contributed by atoms with Crippen molar-refractivity contribution in [3.63, 3.8) is 0 Å². The van der Waals surface area contributed by atoms with Gasteiger partial charge in [0, 0.05) is 5.56 Å². The largest absolute Gasteiger partial charge is 0.378 e. The van der Waals surface area contributed by atoms with Gasteiger partial charge < -0.3 is 5.11 Å². The number of aliphatic hydroxyl groups is 1. The van der Waals surface area contributed by atoms with E-state index >= 15 is 0 Å². The van der Waals surface area contributed by atoms with E-state index < -0.39 is 5.60 Å². The van der Waals surface area contributed by atoms with Crippen LogP contribution in [0.15, 0.2) is 30.3 Å². The summed E-state index contributed by atoms with van der Waals surface area (Å²) in [6, 6.07) is 10.2. The minimum Gasteiger partial charge on any atom is -0.378 e. The van der Waals surface area contributed by atoms with E-state index in [9.17, 15) is 5.11 Å². The van der Waals surface area contributed by atoms with Gasteiger partial charge in [0.15, 0.2) is 0 Å². The number of hydrogen-bond acceptors (Lipinski definition) is 1. The van der Waals surface area contributed by atoms with Gasteiger partial charge in [-0.05, 0) is 122 Å². The second-order valence-electron chi connectivity index (χ2n) is 14.5. The van der Waals surface area contributed by atoms with E-state index in [4.69, 9.17) is 0 Å². The highest BCUT2D eigenvalue weighted by Gasteiger charge is 2.61. The Morgan fingerprint density at radius 2 is 1.61 bits per heavy atom. The van der Waals surface area contributed by atoms with E-state index in [0.717, 1.165) is 60.3 Å². The summed E-state index contributed by atoms with van der Waals surface area (Å²) in [6.45, 7) is 12.6. The van der Waals surface area contributed by atoms with E-state index in [-0.39, 0.29) is 0 Å². The summed E-state index contributed by atoms with van der Waals surface area (Å²) in [5.74, 6) is 12.6. The number of rotatable bonds is 5. The molecule has 4 saturated carbocycles. The molecule has 0 amide bonds. The van der Waals surface area contributed by atoms with E-state index in [2.05, 4.69) is 46.5 Å². The topological polar surface area (TPSA) is 20.2 Å². The predicted octanol–water partition coefficient (Wildman–Crippen LogP) is 8.89. The number of hydrogen-bond donors (Lipinski definition) is 1. The highest BCUT2D eigenvalue weighted by atomic mass is 16.3. The molecule has 4 fully saturated rings. The fourth-order valence-corrected chi connectivity index (χ4v) is 10.1. The van der Waals surface area contributed by atoms with Gasteiger partial charge in [0.1, 0.15) is 5.60 Å². The molecule has 0 bridgehead atoms. The van der Waals surface area contributed by atoms with E-state index in [0.29, 0.717) is 16.7 Å². The molecule has 1 nitrogen and oxygen atoms in total. The summed E-state index contributed by atoms with van der Waals surface area (Å²) in [5, 5.41) is 11.5. The molecular formula is C35H52O. The van der Waals surface area contributed by atoms with Crippen LogP contribution in [0, 0.1) is 64.1 Å². The molecule has 0 unspecified atom stereocenters. The lowest BCUT2D eigenvalue weighted by Crippen LogP contribution is -2.55. The summed E-state index contributed by atoms with van der Waals surface area (Å²) < 4.78 is 0. The third kappa shape index (κ3) is 4.82. The van der Waals surface area contributed by atoms with Crippen LogP contribution in [-0.2, 0) is 0 Å². The number of benzene rings is 1. The molecule has 0 aliphatic heterocycles. The molecule has 4 aliphatic carbocycles. The molecule has 1 aromatic rings. The fourth-order valence-electron chi connectivity index (χ4n) is 10.1. The second kappa shape index (κ2) is 10.1. The molecule has 1 N–H and O–H groups in total. The minimum atomic E-state index is -0.806. The Morgan fingerprint density at radius 3 is 2.36 bits per heavy atom. The van der Waals surface area contributed by atoms with Crippen LogP contribution in [-0.4, -0.2) is 10.7 Å². The smallest absolute Gasteiger partial charge is 0.126 e. The van der Waals surface area contributed by atoms with Gasteiger partial charge in [-0.15, -0.1) is 0 Å². The summed E-state index contributed by atoms with van der Waals surface area (Å²) in [4.78, 5) is 0. The third-order valence-electron chi connectivity index (χ3n) is 12.1. The molecule has 0 aromatic heterocycles. The van der Waals surface area contributed by atoms with Crippen LogP contribution >= 0.6 is 0 Å². The maximum absolute atomic E-state index is 11.5. The Labute approximate surface area is 222 Å². The van der Waals surface area contributed by atoms with Crippen molar-refractivity contribution >= 4 is 0 Å². The Kier molecular flexibility index (Phi) is 7.42. The first-order valence-electron chi connectivity index (χ1n) is 15.5. The zero-order valence-corrected chi connectivity index (χ0v) is 23.9. The molecule has 0 saturated heterocycles. The van der Waals surface area contributed by atoms with Gasteiger partial charge in [0.25, 0.3) is 0 Å².